The highest BCUT2D eigenvalue weighted by Crippen LogP contribution is 2.20. The maximum atomic E-state index is 12.7. The van der Waals surface area contributed by atoms with Crippen LogP contribution in [-0.4, -0.2) is 32.0 Å². The Hall–Kier alpha value is -2.29. The van der Waals surface area contributed by atoms with Crippen molar-refractivity contribution in [2.24, 2.45) is 0 Å². The van der Waals surface area contributed by atoms with Crippen LogP contribution in [0, 0.1) is 0 Å². The van der Waals surface area contributed by atoms with E-state index in [4.69, 9.17) is 0 Å². The summed E-state index contributed by atoms with van der Waals surface area (Å²) >= 11 is 0. The number of hydrogen-bond acceptors (Lipinski definition) is 3. The van der Waals surface area contributed by atoms with Crippen molar-refractivity contribution in [3.8, 4) is 0 Å². The van der Waals surface area contributed by atoms with Gasteiger partial charge in [0, 0.05) is 48.7 Å². The van der Waals surface area contributed by atoms with E-state index in [1.807, 2.05) is 36.4 Å². The molecule has 25 heavy (non-hydrogen) atoms. The summed E-state index contributed by atoms with van der Waals surface area (Å²) in [6.07, 6.45) is 1.12. The second-order valence-corrected chi connectivity index (χ2v) is 6.17. The Morgan fingerprint density at radius 2 is 1.08 bits per heavy atom. The van der Waals surface area contributed by atoms with E-state index in [9.17, 15) is 4.79 Å². The molecule has 0 aliphatic rings. The maximum absolute atomic E-state index is 12.7. The van der Waals surface area contributed by atoms with Gasteiger partial charge in [0.05, 0.1) is 0 Å². The lowest BCUT2D eigenvalue weighted by Crippen LogP contribution is -2.23. The first kappa shape index (κ1) is 19.0. The van der Waals surface area contributed by atoms with Gasteiger partial charge in [-0.2, -0.15) is 0 Å². The Labute approximate surface area is 152 Å². The van der Waals surface area contributed by atoms with Crippen molar-refractivity contribution in [2.75, 3.05) is 36.0 Å². The van der Waals surface area contributed by atoms with Crippen molar-refractivity contribution in [1.29, 1.82) is 0 Å². The molecule has 0 radical (unpaired) electrons. The van der Waals surface area contributed by atoms with Crippen LogP contribution in [0.5, 0.6) is 0 Å². The van der Waals surface area contributed by atoms with Gasteiger partial charge in [0.1, 0.15) is 0 Å². The monoisotopic (exact) mass is 338 g/mol. The summed E-state index contributed by atoms with van der Waals surface area (Å²) in [6.45, 7) is 12.6. The third kappa shape index (κ3) is 4.62. The predicted molar refractivity (Wildman–Crippen MR) is 108 cm³/mol. The van der Waals surface area contributed by atoms with E-state index in [0.717, 1.165) is 49.4 Å². The summed E-state index contributed by atoms with van der Waals surface area (Å²) < 4.78 is 0. The van der Waals surface area contributed by atoms with Crippen molar-refractivity contribution < 1.29 is 4.79 Å². The van der Waals surface area contributed by atoms with Gasteiger partial charge in [0.15, 0.2) is 5.78 Å². The number of ketones is 1. The van der Waals surface area contributed by atoms with Crippen molar-refractivity contribution in [2.45, 2.75) is 34.1 Å². The van der Waals surface area contributed by atoms with Crippen LogP contribution < -0.4 is 9.80 Å². The summed E-state index contributed by atoms with van der Waals surface area (Å²) in [5.74, 6) is 0.0798. The van der Waals surface area contributed by atoms with Crippen LogP contribution in [0.1, 0.15) is 50.0 Å². The van der Waals surface area contributed by atoms with E-state index in [2.05, 4.69) is 49.6 Å². The van der Waals surface area contributed by atoms with Gasteiger partial charge in [0.25, 0.3) is 0 Å². The minimum Gasteiger partial charge on any atom is -0.372 e. The molecule has 134 valence electrons. The average Bonchev–Trinajstić information content (AvgIpc) is 2.67. The van der Waals surface area contributed by atoms with Gasteiger partial charge >= 0.3 is 0 Å². The van der Waals surface area contributed by atoms with E-state index in [0.29, 0.717) is 0 Å². The molecule has 0 N–H and O–H groups in total. The van der Waals surface area contributed by atoms with Gasteiger partial charge in [-0.1, -0.05) is 6.92 Å². The molecule has 0 heterocycles. The van der Waals surface area contributed by atoms with Crippen LogP contribution >= 0.6 is 0 Å². The van der Waals surface area contributed by atoms with Crippen LogP contribution in [0.15, 0.2) is 48.5 Å². The number of carbonyl (C=O) groups excluding carboxylic acids is 1. The molecule has 2 rings (SSSR count). The smallest absolute Gasteiger partial charge is 0.193 e. The second-order valence-electron chi connectivity index (χ2n) is 6.17. The molecule has 0 aromatic heterocycles. The van der Waals surface area contributed by atoms with Crippen molar-refractivity contribution in [1.82, 2.24) is 0 Å². The lowest BCUT2D eigenvalue weighted by atomic mass is 10.0. The summed E-state index contributed by atoms with van der Waals surface area (Å²) in [6, 6.07) is 15.9. The van der Waals surface area contributed by atoms with Gasteiger partial charge < -0.3 is 9.80 Å². The lowest BCUT2D eigenvalue weighted by Gasteiger charge is -2.22. The van der Waals surface area contributed by atoms with Gasteiger partial charge in [-0.15, -0.1) is 0 Å². The van der Waals surface area contributed by atoms with Crippen molar-refractivity contribution >= 4 is 17.2 Å². The molecule has 0 bridgehead atoms. The number of benzene rings is 2. The van der Waals surface area contributed by atoms with E-state index in [1.54, 1.807) is 0 Å². The molecule has 0 fully saturated rings. The Kier molecular flexibility index (Phi) is 7.05. The molecule has 0 aliphatic carbocycles. The van der Waals surface area contributed by atoms with Crippen molar-refractivity contribution in [3.05, 3.63) is 59.7 Å². The molecule has 2 aromatic rings. The number of hydrogen-bond donors (Lipinski definition) is 0. The quantitative estimate of drug-likeness (QED) is 0.601. The Bertz CT molecular complexity index is 657. The molecule has 0 aliphatic heterocycles. The van der Waals surface area contributed by atoms with Crippen LogP contribution in [0.4, 0.5) is 11.4 Å². The standard InChI is InChI=1S/C22H30N2O/c1-5-17-24(8-4)21-15-11-19(12-16-21)22(25)18-9-13-20(14-10-18)23(6-2)7-3/h9-16H,5-8,17H2,1-4H3. The molecular weight excluding hydrogens is 308 g/mol. The third-order valence-electron chi connectivity index (χ3n) is 4.63. The molecule has 0 unspecified atom stereocenters. The predicted octanol–water partition coefficient (Wildman–Crippen LogP) is 5.00. The summed E-state index contributed by atoms with van der Waals surface area (Å²) in [5, 5.41) is 0. The first-order valence-corrected chi connectivity index (χ1v) is 9.39. The number of nitrogens with zero attached hydrogens (tertiary/aromatic N) is 2. The zero-order valence-corrected chi connectivity index (χ0v) is 16.0. The molecule has 0 saturated carbocycles. The van der Waals surface area contributed by atoms with E-state index < -0.39 is 0 Å². The SMILES string of the molecule is CCCN(CC)c1ccc(C(=O)c2ccc(N(CC)CC)cc2)cc1. The molecule has 2 aromatic carbocycles. The number of anilines is 2. The second kappa shape index (κ2) is 9.26. The fraction of sp³-hybridized carbons (Fsp3) is 0.409. The fourth-order valence-electron chi connectivity index (χ4n) is 3.14. The number of carbonyl (C=O) groups is 1. The number of rotatable bonds is 9. The minimum atomic E-state index is 0.0798. The summed E-state index contributed by atoms with van der Waals surface area (Å²) in [5.41, 5.74) is 3.82. The van der Waals surface area contributed by atoms with Crippen LogP contribution in [0.3, 0.4) is 0 Å². The summed E-state index contributed by atoms with van der Waals surface area (Å²) in [7, 11) is 0. The van der Waals surface area contributed by atoms with Gasteiger partial charge in [0.2, 0.25) is 0 Å². The summed E-state index contributed by atoms with van der Waals surface area (Å²) in [4.78, 5) is 17.3. The van der Waals surface area contributed by atoms with Gasteiger partial charge in [-0.05, 0) is 75.7 Å². The van der Waals surface area contributed by atoms with Crippen LogP contribution in [0.25, 0.3) is 0 Å². The maximum Gasteiger partial charge on any atom is 0.193 e. The minimum absolute atomic E-state index is 0.0798. The first-order chi connectivity index (χ1) is 12.1. The largest absolute Gasteiger partial charge is 0.372 e. The van der Waals surface area contributed by atoms with E-state index in [1.165, 1.54) is 5.69 Å². The molecule has 3 nitrogen and oxygen atoms in total. The molecule has 3 heteroatoms. The topological polar surface area (TPSA) is 23.6 Å². The Balaban J connectivity index is 2.15. The highest BCUT2D eigenvalue weighted by molar-refractivity contribution is 6.09. The molecule has 0 saturated heterocycles. The van der Waals surface area contributed by atoms with E-state index >= 15 is 0 Å². The zero-order chi connectivity index (χ0) is 18.2. The molecular formula is C22H30N2O. The van der Waals surface area contributed by atoms with Crippen LogP contribution in [-0.2, 0) is 0 Å². The van der Waals surface area contributed by atoms with Gasteiger partial charge in [-0.25, -0.2) is 0 Å². The first-order valence-electron chi connectivity index (χ1n) is 9.39. The molecule has 0 spiro atoms. The Morgan fingerprint density at radius 3 is 1.44 bits per heavy atom. The third-order valence-corrected chi connectivity index (χ3v) is 4.63. The molecule has 0 amide bonds. The highest BCUT2D eigenvalue weighted by Gasteiger charge is 2.11. The van der Waals surface area contributed by atoms with Gasteiger partial charge in [-0.3, -0.25) is 4.79 Å². The zero-order valence-electron chi connectivity index (χ0n) is 16.0. The van der Waals surface area contributed by atoms with Crippen molar-refractivity contribution in [3.63, 3.8) is 0 Å². The van der Waals surface area contributed by atoms with Crippen LogP contribution in [0.2, 0.25) is 0 Å². The lowest BCUT2D eigenvalue weighted by molar-refractivity contribution is 0.103. The highest BCUT2D eigenvalue weighted by atomic mass is 16.1. The fourth-order valence-corrected chi connectivity index (χ4v) is 3.14. The van der Waals surface area contributed by atoms with E-state index in [-0.39, 0.29) is 5.78 Å². The molecule has 0 atom stereocenters. The average molecular weight is 338 g/mol. The normalized spacial score (nSPS) is 10.6. The Morgan fingerprint density at radius 1 is 0.680 bits per heavy atom.